The van der Waals surface area contributed by atoms with E-state index in [-0.39, 0.29) is 17.8 Å². The summed E-state index contributed by atoms with van der Waals surface area (Å²) in [7, 11) is 0. The molecule has 1 aliphatic heterocycles. The Morgan fingerprint density at radius 2 is 2.10 bits per heavy atom. The first-order valence-electron chi connectivity index (χ1n) is 6.35. The third kappa shape index (κ3) is 3.46. The molecule has 0 unspecified atom stereocenters. The molecule has 0 spiro atoms. The molecule has 8 heteroatoms. The predicted molar refractivity (Wildman–Crippen MR) is 67.8 cm³/mol. The summed E-state index contributed by atoms with van der Waals surface area (Å²) >= 11 is 0. The molecule has 1 aromatic rings. The smallest absolute Gasteiger partial charge is 0.410 e. The molecule has 8 nitrogen and oxygen atoms in total. The molecule has 1 fully saturated rings. The Hall–Kier alpha value is -2.12. The molecule has 0 saturated carbocycles. The number of likely N-dealkylation sites (tertiary alicyclic amines) is 1. The molecule has 0 bridgehead atoms. The highest BCUT2D eigenvalue weighted by Crippen LogP contribution is 2.22. The van der Waals surface area contributed by atoms with Gasteiger partial charge in [-0.15, -0.1) is 0 Å². The van der Waals surface area contributed by atoms with Gasteiger partial charge in [-0.1, -0.05) is 5.16 Å². The number of carbonyl (C=O) groups is 2. The Kier molecular flexibility index (Phi) is 3.65. The van der Waals surface area contributed by atoms with Crippen LogP contribution >= 0.6 is 0 Å². The largest absolute Gasteiger partial charge is 0.444 e. The zero-order valence-corrected chi connectivity index (χ0v) is 11.8. The highest BCUT2D eigenvalue weighted by atomic mass is 16.6. The van der Waals surface area contributed by atoms with Gasteiger partial charge in [-0.3, -0.25) is 4.79 Å². The molecule has 2 rings (SSSR count). The Labute approximate surface area is 116 Å². The predicted octanol–water partition coefficient (Wildman–Crippen LogP) is 0.578. The summed E-state index contributed by atoms with van der Waals surface area (Å²) in [4.78, 5) is 28.0. The average Bonchev–Trinajstić information content (AvgIpc) is 2.68. The number of amides is 2. The van der Waals surface area contributed by atoms with Crippen LogP contribution in [0.15, 0.2) is 4.52 Å². The number of hydrogen-bond acceptors (Lipinski definition) is 6. The van der Waals surface area contributed by atoms with Gasteiger partial charge in [0.25, 0.3) is 11.7 Å². The number of rotatable bonds is 3. The maximum Gasteiger partial charge on any atom is 0.410 e. The molecule has 2 amide bonds. The van der Waals surface area contributed by atoms with Crippen molar-refractivity contribution in [2.45, 2.75) is 32.8 Å². The Morgan fingerprint density at radius 3 is 2.60 bits per heavy atom. The minimum absolute atomic E-state index is 0.122. The van der Waals surface area contributed by atoms with Crippen molar-refractivity contribution < 1.29 is 18.8 Å². The molecule has 1 aromatic heterocycles. The van der Waals surface area contributed by atoms with Crippen LogP contribution in [0.4, 0.5) is 4.79 Å². The van der Waals surface area contributed by atoms with Gasteiger partial charge in [0.15, 0.2) is 0 Å². The normalized spacial score (nSPS) is 15.8. The molecular formula is C12H18N4O4. The first kappa shape index (κ1) is 14.3. The van der Waals surface area contributed by atoms with E-state index in [1.807, 2.05) is 20.8 Å². The summed E-state index contributed by atoms with van der Waals surface area (Å²) in [6, 6.07) is 0. The average molecular weight is 282 g/mol. The quantitative estimate of drug-likeness (QED) is 0.867. The zero-order valence-electron chi connectivity index (χ0n) is 11.8. The van der Waals surface area contributed by atoms with Crippen LogP contribution in [0.3, 0.4) is 0 Å². The summed E-state index contributed by atoms with van der Waals surface area (Å²) in [6.45, 7) is 6.62. The van der Waals surface area contributed by atoms with Gasteiger partial charge in [0.05, 0.1) is 0 Å². The van der Waals surface area contributed by atoms with E-state index in [0.717, 1.165) is 0 Å². The fourth-order valence-corrected chi connectivity index (χ4v) is 1.86. The van der Waals surface area contributed by atoms with Crippen molar-refractivity contribution in [3.63, 3.8) is 0 Å². The van der Waals surface area contributed by atoms with E-state index in [4.69, 9.17) is 15.0 Å². The van der Waals surface area contributed by atoms with Crippen molar-refractivity contribution in [1.29, 1.82) is 0 Å². The van der Waals surface area contributed by atoms with Crippen molar-refractivity contribution in [3.05, 3.63) is 11.7 Å². The van der Waals surface area contributed by atoms with Crippen molar-refractivity contribution in [1.82, 2.24) is 15.0 Å². The molecule has 110 valence electrons. The second kappa shape index (κ2) is 5.10. The molecule has 0 aliphatic carbocycles. The lowest BCUT2D eigenvalue weighted by molar-refractivity contribution is -0.00187. The van der Waals surface area contributed by atoms with E-state index in [1.54, 1.807) is 4.90 Å². The summed E-state index contributed by atoms with van der Waals surface area (Å²) in [5.74, 6) is -0.261. The number of primary amides is 1. The van der Waals surface area contributed by atoms with E-state index in [1.165, 1.54) is 0 Å². The zero-order chi connectivity index (χ0) is 14.9. The lowest BCUT2D eigenvalue weighted by Crippen LogP contribution is -2.52. The van der Waals surface area contributed by atoms with Gasteiger partial charge >= 0.3 is 6.09 Å². The van der Waals surface area contributed by atoms with Gasteiger partial charge in [-0.25, -0.2) is 4.79 Å². The van der Waals surface area contributed by atoms with Gasteiger partial charge in [0, 0.05) is 25.4 Å². The van der Waals surface area contributed by atoms with Gasteiger partial charge in [0.1, 0.15) is 5.60 Å². The molecule has 20 heavy (non-hydrogen) atoms. The Bertz CT molecular complexity index is 514. The van der Waals surface area contributed by atoms with Gasteiger partial charge < -0.3 is 19.9 Å². The molecule has 0 aromatic carbocycles. The third-order valence-corrected chi connectivity index (χ3v) is 2.76. The lowest BCUT2D eigenvalue weighted by atomic mass is 9.97. The van der Waals surface area contributed by atoms with E-state index in [9.17, 15) is 9.59 Å². The molecule has 1 saturated heterocycles. The summed E-state index contributed by atoms with van der Waals surface area (Å²) in [5, 5.41) is 3.46. The van der Waals surface area contributed by atoms with Gasteiger partial charge in [-0.05, 0) is 20.8 Å². The number of carbonyl (C=O) groups excluding carboxylic acids is 2. The third-order valence-electron chi connectivity index (χ3n) is 2.76. The van der Waals surface area contributed by atoms with Crippen molar-refractivity contribution in [3.8, 4) is 0 Å². The van der Waals surface area contributed by atoms with E-state index >= 15 is 0 Å². The number of hydrogen-bond donors (Lipinski definition) is 1. The number of aromatic nitrogens is 2. The Morgan fingerprint density at radius 1 is 1.45 bits per heavy atom. The maximum absolute atomic E-state index is 11.7. The topological polar surface area (TPSA) is 112 Å². The SMILES string of the molecule is CC(C)(C)OC(=O)N1CC(Cc2nc(C(N)=O)no2)C1. The second-order valence-electron chi connectivity index (χ2n) is 5.83. The summed E-state index contributed by atoms with van der Waals surface area (Å²) in [5.41, 5.74) is 4.54. The fraction of sp³-hybridized carbons (Fsp3) is 0.667. The standard InChI is InChI=1S/C12H18N4O4/c1-12(2,3)19-11(18)16-5-7(6-16)4-8-14-10(9(13)17)15-20-8/h7H,4-6H2,1-3H3,(H2,13,17). The van der Waals surface area contributed by atoms with E-state index < -0.39 is 11.5 Å². The molecule has 1 aliphatic rings. The monoisotopic (exact) mass is 282 g/mol. The minimum Gasteiger partial charge on any atom is -0.444 e. The lowest BCUT2D eigenvalue weighted by Gasteiger charge is -2.39. The van der Waals surface area contributed by atoms with E-state index in [2.05, 4.69) is 10.1 Å². The van der Waals surface area contributed by atoms with Crippen molar-refractivity contribution in [2.24, 2.45) is 11.7 Å². The first-order chi connectivity index (χ1) is 9.24. The van der Waals surface area contributed by atoms with Crippen LogP contribution in [0.1, 0.15) is 37.3 Å². The number of nitrogens with two attached hydrogens (primary N) is 1. The summed E-state index contributed by atoms with van der Waals surface area (Å²) < 4.78 is 10.2. The first-order valence-corrected chi connectivity index (χ1v) is 6.35. The maximum atomic E-state index is 11.7. The van der Waals surface area contributed by atoms with Crippen LogP contribution < -0.4 is 5.73 Å². The molecule has 2 heterocycles. The van der Waals surface area contributed by atoms with Crippen LogP contribution in [-0.4, -0.2) is 45.7 Å². The molecule has 2 N–H and O–H groups in total. The summed E-state index contributed by atoms with van der Waals surface area (Å²) in [6.07, 6.45) is 0.191. The van der Waals surface area contributed by atoms with Crippen molar-refractivity contribution in [2.75, 3.05) is 13.1 Å². The second-order valence-corrected chi connectivity index (χ2v) is 5.83. The highest BCUT2D eigenvalue weighted by molar-refractivity contribution is 5.88. The molecule has 0 radical (unpaired) electrons. The number of nitrogens with zero attached hydrogens (tertiary/aromatic N) is 3. The van der Waals surface area contributed by atoms with Crippen LogP contribution in [-0.2, 0) is 11.2 Å². The van der Waals surface area contributed by atoms with Crippen LogP contribution in [0.25, 0.3) is 0 Å². The minimum atomic E-state index is -0.719. The van der Waals surface area contributed by atoms with Crippen LogP contribution in [0.2, 0.25) is 0 Å². The van der Waals surface area contributed by atoms with E-state index in [0.29, 0.717) is 25.4 Å². The van der Waals surface area contributed by atoms with Gasteiger partial charge in [-0.2, -0.15) is 4.98 Å². The molecule has 0 atom stereocenters. The Balaban J connectivity index is 1.79. The van der Waals surface area contributed by atoms with Crippen molar-refractivity contribution >= 4 is 12.0 Å². The number of ether oxygens (including phenoxy) is 1. The van der Waals surface area contributed by atoms with Crippen LogP contribution in [0, 0.1) is 5.92 Å². The van der Waals surface area contributed by atoms with Crippen LogP contribution in [0.5, 0.6) is 0 Å². The van der Waals surface area contributed by atoms with Gasteiger partial charge in [0.2, 0.25) is 5.89 Å². The molecular weight excluding hydrogens is 264 g/mol. The fourth-order valence-electron chi connectivity index (χ4n) is 1.86. The highest BCUT2D eigenvalue weighted by Gasteiger charge is 2.34.